The number of anilines is 1. The molecule has 152 valence electrons. The van der Waals surface area contributed by atoms with Crippen LogP contribution in [0, 0.1) is 5.82 Å². The normalized spacial score (nSPS) is 15.5. The smallest absolute Gasteiger partial charge is 0.193 e. The number of hydrogen-bond acceptors (Lipinski definition) is 3. The van der Waals surface area contributed by atoms with Gasteiger partial charge in [-0.25, -0.2) is 4.39 Å². The number of aliphatic imine (C=N–C) groups is 1. The molecule has 1 N–H and O–H groups in total. The molecule has 1 fully saturated rings. The molecule has 1 heterocycles. The third kappa shape index (κ3) is 7.75. The van der Waals surface area contributed by atoms with Crippen molar-refractivity contribution < 1.29 is 4.39 Å². The minimum absolute atomic E-state index is 0.181. The van der Waals surface area contributed by atoms with Gasteiger partial charge in [0.15, 0.2) is 5.96 Å². The summed E-state index contributed by atoms with van der Waals surface area (Å²) in [5.41, 5.74) is 1.09. The molecule has 0 aliphatic carbocycles. The third-order valence-corrected chi connectivity index (χ3v) is 5.05. The van der Waals surface area contributed by atoms with Gasteiger partial charge in [-0.15, -0.1) is 0 Å². The number of nitrogens with zero attached hydrogens (tertiary/aromatic N) is 4. The van der Waals surface area contributed by atoms with Gasteiger partial charge in [0.1, 0.15) is 5.82 Å². The van der Waals surface area contributed by atoms with Gasteiger partial charge in [0.05, 0.1) is 0 Å². The Morgan fingerprint density at radius 1 is 1.00 bits per heavy atom. The molecule has 0 bridgehead atoms. The average molecular weight is 378 g/mol. The van der Waals surface area contributed by atoms with Gasteiger partial charge < -0.3 is 20.0 Å². The van der Waals surface area contributed by atoms with Crippen LogP contribution in [0.5, 0.6) is 0 Å². The van der Waals surface area contributed by atoms with Gasteiger partial charge >= 0.3 is 0 Å². The van der Waals surface area contributed by atoms with E-state index in [0.29, 0.717) is 0 Å². The zero-order chi connectivity index (χ0) is 19.5. The molecule has 0 unspecified atom stereocenters. The van der Waals surface area contributed by atoms with Crippen molar-refractivity contribution in [2.24, 2.45) is 4.99 Å². The van der Waals surface area contributed by atoms with Crippen LogP contribution in [0.15, 0.2) is 29.3 Å². The molecule has 0 saturated carbocycles. The van der Waals surface area contributed by atoms with Crippen molar-refractivity contribution in [1.29, 1.82) is 0 Å². The Bertz CT molecular complexity index is 550. The topological polar surface area (TPSA) is 34.1 Å². The largest absolute Gasteiger partial charge is 0.368 e. The summed E-state index contributed by atoms with van der Waals surface area (Å²) in [6, 6.07) is 6.78. The van der Waals surface area contributed by atoms with E-state index in [1.54, 1.807) is 0 Å². The second-order valence-corrected chi connectivity index (χ2v) is 7.50. The molecule has 0 amide bonds. The lowest BCUT2D eigenvalue weighted by Crippen LogP contribution is -2.52. The molecule has 1 aromatic rings. The van der Waals surface area contributed by atoms with Gasteiger partial charge in [-0.1, -0.05) is 19.3 Å². The number of rotatable bonds is 9. The van der Waals surface area contributed by atoms with Crippen LogP contribution in [0.2, 0.25) is 0 Å². The summed E-state index contributed by atoms with van der Waals surface area (Å²) in [6.45, 7) is 5.90. The number of benzene rings is 1. The van der Waals surface area contributed by atoms with Crippen LogP contribution >= 0.6 is 0 Å². The highest BCUT2D eigenvalue weighted by Gasteiger charge is 2.19. The predicted octanol–water partition coefficient (Wildman–Crippen LogP) is 3.04. The number of nitrogens with one attached hydrogen (secondary N) is 1. The molecular formula is C21H36FN5. The lowest BCUT2D eigenvalue weighted by Gasteiger charge is -2.37. The maximum atomic E-state index is 13.1. The molecule has 6 heteroatoms. The van der Waals surface area contributed by atoms with E-state index in [1.807, 2.05) is 19.2 Å². The van der Waals surface area contributed by atoms with Crippen LogP contribution in [0.1, 0.15) is 32.1 Å². The second kappa shape index (κ2) is 11.8. The fourth-order valence-corrected chi connectivity index (χ4v) is 3.44. The molecule has 0 aromatic heterocycles. The predicted molar refractivity (Wildman–Crippen MR) is 113 cm³/mol. The highest BCUT2D eigenvalue weighted by atomic mass is 19.1. The minimum atomic E-state index is -0.181. The molecule has 1 aliphatic heterocycles. The molecule has 0 spiro atoms. The number of guanidine groups is 1. The van der Waals surface area contributed by atoms with Crippen molar-refractivity contribution >= 4 is 11.6 Å². The number of piperazine rings is 1. The maximum absolute atomic E-state index is 13.1. The SMILES string of the molecule is CN=C(NCCCCCCCN(C)C)N1CCN(c2ccc(F)cc2)CC1. The first-order chi connectivity index (χ1) is 13.1. The average Bonchev–Trinajstić information content (AvgIpc) is 2.67. The second-order valence-electron chi connectivity index (χ2n) is 7.50. The van der Waals surface area contributed by atoms with E-state index < -0.39 is 0 Å². The van der Waals surface area contributed by atoms with Crippen molar-refractivity contribution in [3.63, 3.8) is 0 Å². The van der Waals surface area contributed by atoms with E-state index in [4.69, 9.17) is 0 Å². The fraction of sp³-hybridized carbons (Fsp3) is 0.667. The monoisotopic (exact) mass is 377 g/mol. The fourth-order valence-electron chi connectivity index (χ4n) is 3.44. The van der Waals surface area contributed by atoms with E-state index in [0.717, 1.165) is 44.4 Å². The van der Waals surface area contributed by atoms with E-state index in [9.17, 15) is 4.39 Å². The molecular weight excluding hydrogens is 341 g/mol. The van der Waals surface area contributed by atoms with Gasteiger partial charge in [0.2, 0.25) is 0 Å². The van der Waals surface area contributed by atoms with Crippen molar-refractivity contribution in [3.05, 3.63) is 30.1 Å². The lowest BCUT2D eigenvalue weighted by molar-refractivity contribution is 0.371. The van der Waals surface area contributed by atoms with Gasteiger partial charge in [0, 0.05) is 45.5 Å². The Morgan fingerprint density at radius 2 is 1.63 bits per heavy atom. The van der Waals surface area contributed by atoms with Gasteiger partial charge in [0.25, 0.3) is 0 Å². The maximum Gasteiger partial charge on any atom is 0.193 e. The zero-order valence-corrected chi connectivity index (χ0v) is 17.3. The van der Waals surface area contributed by atoms with Crippen LogP contribution in [0.4, 0.5) is 10.1 Å². The third-order valence-electron chi connectivity index (χ3n) is 5.05. The number of unbranched alkanes of at least 4 members (excludes halogenated alkanes) is 4. The Morgan fingerprint density at radius 3 is 2.26 bits per heavy atom. The Balaban J connectivity index is 1.62. The zero-order valence-electron chi connectivity index (χ0n) is 17.3. The van der Waals surface area contributed by atoms with E-state index >= 15 is 0 Å². The van der Waals surface area contributed by atoms with Gasteiger partial charge in [-0.2, -0.15) is 0 Å². The molecule has 1 aromatic carbocycles. The first-order valence-electron chi connectivity index (χ1n) is 10.2. The van der Waals surface area contributed by atoms with Crippen molar-refractivity contribution in [3.8, 4) is 0 Å². The lowest BCUT2D eigenvalue weighted by atomic mass is 10.1. The molecule has 1 saturated heterocycles. The number of halogens is 1. The summed E-state index contributed by atoms with van der Waals surface area (Å²) in [6.07, 6.45) is 6.38. The summed E-state index contributed by atoms with van der Waals surface area (Å²) in [5, 5.41) is 3.51. The van der Waals surface area contributed by atoms with Crippen LogP contribution in [-0.4, -0.2) is 76.2 Å². The van der Waals surface area contributed by atoms with E-state index in [-0.39, 0.29) is 5.82 Å². The molecule has 0 atom stereocenters. The quantitative estimate of drug-likeness (QED) is 0.407. The van der Waals surface area contributed by atoms with Crippen LogP contribution in [0.3, 0.4) is 0 Å². The molecule has 0 radical (unpaired) electrons. The van der Waals surface area contributed by atoms with Crippen LogP contribution in [-0.2, 0) is 0 Å². The van der Waals surface area contributed by atoms with Gasteiger partial charge in [-0.05, 0) is 57.7 Å². The summed E-state index contributed by atoms with van der Waals surface area (Å²) < 4.78 is 13.1. The summed E-state index contributed by atoms with van der Waals surface area (Å²) in [5.74, 6) is 0.820. The molecule has 5 nitrogen and oxygen atoms in total. The van der Waals surface area contributed by atoms with E-state index in [1.165, 1.54) is 50.8 Å². The molecule has 27 heavy (non-hydrogen) atoms. The van der Waals surface area contributed by atoms with Gasteiger partial charge in [-0.3, -0.25) is 4.99 Å². The standard InChI is InChI=1S/C21H36FN5/c1-23-21(24-13-7-5-4-6-8-14-25(2)3)27-17-15-26(16-18-27)20-11-9-19(22)10-12-20/h9-12H,4-8,13-18H2,1-3H3,(H,23,24). The first kappa shape index (κ1) is 21.5. The summed E-state index contributed by atoms with van der Waals surface area (Å²) in [4.78, 5) is 11.3. The van der Waals surface area contributed by atoms with Crippen molar-refractivity contribution in [1.82, 2.24) is 15.1 Å². The Kier molecular flexibility index (Phi) is 9.39. The molecule has 2 rings (SSSR count). The Hall–Kier alpha value is -1.82. The van der Waals surface area contributed by atoms with Crippen molar-refractivity contribution in [2.75, 3.05) is 65.3 Å². The highest BCUT2D eigenvalue weighted by Crippen LogP contribution is 2.17. The first-order valence-corrected chi connectivity index (χ1v) is 10.2. The Labute approximate surface area is 164 Å². The number of hydrogen-bond donors (Lipinski definition) is 1. The molecule has 1 aliphatic rings. The minimum Gasteiger partial charge on any atom is -0.368 e. The summed E-state index contributed by atoms with van der Waals surface area (Å²) >= 11 is 0. The highest BCUT2D eigenvalue weighted by molar-refractivity contribution is 5.80. The van der Waals surface area contributed by atoms with Crippen LogP contribution < -0.4 is 10.2 Å². The summed E-state index contributed by atoms with van der Waals surface area (Å²) in [7, 11) is 6.12. The van der Waals surface area contributed by atoms with E-state index in [2.05, 4.69) is 39.1 Å². The van der Waals surface area contributed by atoms with Crippen LogP contribution in [0.25, 0.3) is 0 Å². The van der Waals surface area contributed by atoms with Crippen molar-refractivity contribution in [2.45, 2.75) is 32.1 Å².